The Hall–Kier alpha value is 0.270. The van der Waals surface area contributed by atoms with Crippen molar-refractivity contribution in [2.75, 3.05) is 31.9 Å². The summed E-state index contributed by atoms with van der Waals surface area (Å²) in [5.74, 6) is 1.33. The summed E-state index contributed by atoms with van der Waals surface area (Å²) < 4.78 is 0. The Morgan fingerprint density at radius 1 is 1.28 bits per heavy atom. The lowest BCUT2D eigenvalue weighted by atomic mass is 9.72. The Morgan fingerprint density at radius 2 is 2.06 bits per heavy atom. The van der Waals surface area contributed by atoms with E-state index in [-0.39, 0.29) is 0 Å². The van der Waals surface area contributed by atoms with Crippen molar-refractivity contribution in [2.24, 2.45) is 11.1 Å². The number of nitrogens with two attached hydrogens (primary N) is 1. The van der Waals surface area contributed by atoms with Crippen molar-refractivity contribution in [1.82, 2.24) is 4.90 Å². The summed E-state index contributed by atoms with van der Waals surface area (Å²) in [7, 11) is 0. The highest BCUT2D eigenvalue weighted by Crippen LogP contribution is 2.38. The maximum Gasteiger partial charge on any atom is 0.0172 e. The van der Waals surface area contributed by atoms with Gasteiger partial charge in [0.2, 0.25) is 0 Å². The van der Waals surface area contributed by atoms with Crippen LogP contribution in [0.3, 0.4) is 0 Å². The Morgan fingerprint density at radius 3 is 2.72 bits per heavy atom. The van der Waals surface area contributed by atoms with Gasteiger partial charge in [-0.05, 0) is 44.2 Å². The van der Waals surface area contributed by atoms with Gasteiger partial charge in [0, 0.05) is 24.1 Å². The Kier molecular flexibility index (Phi) is 5.84. The van der Waals surface area contributed by atoms with Gasteiger partial charge in [0.15, 0.2) is 0 Å². The van der Waals surface area contributed by atoms with Gasteiger partial charge in [0.1, 0.15) is 0 Å². The van der Waals surface area contributed by atoms with Gasteiger partial charge >= 0.3 is 0 Å². The second-order valence-electron chi connectivity index (χ2n) is 6.22. The van der Waals surface area contributed by atoms with Gasteiger partial charge in [-0.15, -0.1) is 0 Å². The summed E-state index contributed by atoms with van der Waals surface area (Å²) in [6.45, 7) is 7.12. The van der Waals surface area contributed by atoms with Crippen LogP contribution >= 0.6 is 11.8 Å². The average molecular weight is 270 g/mol. The molecule has 0 aromatic heterocycles. The quantitative estimate of drug-likeness (QED) is 0.832. The molecule has 1 atom stereocenters. The number of hydrogen-bond donors (Lipinski definition) is 1. The molecule has 18 heavy (non-hydrogen) atoms. The third-order valence-electron chi connectivity index (χ3n) is 4.98. The van der Waals surface area contributed by atoms with Crippen molar-refractivity contribution in [1.29, 1.82) is 0 Å². The van der Waals surface area contributed by atoms with Crippen LogP contribution in [0.5, 0.6) is 0 Å². The van der Waals surface area contributed by atoms with Crippen molar-refractivity contribution in [3.63, 3.8) is 0 Å². The molecule has 0 aromatic carbocycles. The van der Waals surface area contributed by atoms with Crippen LogP contribution in [0, 0.1) is 5.41 Å². The van der Waals surface area contributed by atoms with E-state index in [1.807, 2.05) is 0 Å². The highest BCUT2D eigenvalue weighted by atomic mass is 32.2. The summed E-state index contributed by atoms with van der Waals surface area (Å²) in [5.41, 5.74) is 6.58. The highest BCUT2D eigenvalue weighted by molar-refractivity contribution is 8.00. The molecule has 0 radical (unpaired) electrons. The lowest BCUT2D eigenvalue weighted by molar-refractivity contribution is 0.147. The molecule has 0 aromatic rings. The Labute approximate surface area is 117 Å². The molecule has 2 rings (SSSR count). The molecule has 1 saturated heterocycles. The summed E-state index contributed by atoms with van der Waals surface area (Å²) in [6.07, 6.45) is 9.66. The largest absolute Gasteiger partial charge is 0.330 e. The van der Waals surface area contributed by atoms with Crippen molar-refractivity contribution in [3.05, 3.63) is 0 Å². The van der Waals surface area contributed by atoms with E-state index in [1.54, 1.807) is 0 Å². The summed E-state index contributed by atoms with van der Waals surface area (Å²) in [6, 6.07) is 0. The maximum atomic E-state index is 6.08. The van der Waals surface area contributed by atoms with E-state index in [2.05, 4.69) is 23.6 Å². The molecule has 2 fully saturated rings. The van der Waals surface area contributed by atoms with Gasteiger partial charge < -0.3 is 10.6 Å². The maximum absolute atomic E-state index is 6.08. The molecule has 106 valence electrons. The van der Waals surface area contributed by atoms with E-state index < -0.39 is 0 Å². The predicted molar refractivity (Wildman–Crippen MR) is 82.2 cm³/mol. The van der Waals surface area contributed by atoms with Crippen LogP contribution in [0.4, 0.5) is 0 Å². The Bertz CT molecular complexity index is 239. The topological polar surface area (TPSA) is 29.3 Å². The van der Waals surface area contributed by atoms with E-state index >= 15 is 0 Å². The average Bonchev–Trinajstić information content (AvgIpc) is 2.46. The van der Waals surface area contributed by atoms with E-state index in [0.717, 1.165) is 11.8 Å². The van der Waals surface area contributed by atoms with Crippen LogP contribution in [0.25, 0.3) is 0 Å². The zero-order valence-electron chi connectivity index (χ0n) is 12.0. The van der Waals surface area contributed by atoms with E-state index in [9.17, 15) is 0 Å². The fourth-order valence-corrected chi connectivity index (χ4v) is 4.73. The summed E-state index contributed by atoms with van der Waals surface area (Å²) >= 11 is 2.17. The van der Waals surface area contributed by atoms with E-state index in [4.69, 9.17) is 5.73 Å². The lowest BCUT2D eigenvalue weighted by Crippen LogP contribution is -2.42. The minimum absolute atomic E-state index is 0.491. The number of hydrogen-bond acceptors (Lipinski definition) is 3. The Balaban J connectivity index is 1.78. The predicted octanol–water partition coefficient (Wildman–Crippen LogP) is 3.11. The minimum Gasteiger partial charge on any atom is -0.330 e. The van der Waals surface area contributed by atoms with Crippen molar-refractivity contribution < 1.29 is 0 Å². The molecule has 1 saturated carbocycles. The van der Waals surface area contributed by atoms with Gasteiger partial charge in [-0.1, -0.05) is 26.2 Å². The van der Waals surface area contributed by atoms with Crippen LogP contribution in [-0.2, 0) is 0 Å². The molecule has 2 N–H and O–H groups in total. The van der Waals surface area contributed by atoms with Gasteiger partial charge in [-0.3, -0.25) is 0 Å². The molecule has 0 bridgehead atoms. The molecule has 2 nitrogen and oxygen atoms in total. The van der Waals surface area contributed by atoms with Gasteiger partial charge in [-0.25, -0.2) is 0 Å². The first kappa shape index (κ1) is 14.7. The van der Waals surface area contributed by atoms with Crippen LogP contribution < -0.4 is 5.73 Å². The molecular weight excluding hydrogens is 240 g/mol. The second kappa shape index (κ2) is 7.16. The van der Waals surface area contributed by atoms with Crippen LogP contribution in [0.15, 0.2) is 0 Å². The molecule has 1 heterocycles. The zero-order chi connectivity index (χ0) is 12.8. The SMILES string of the molecule is CCC1CN(CCC2(CN)CCCCC2)CCS1. The first-order chi connectivity index (χ1) is 8.78. The molecule has 3 heteroatoms. The molecule has 1 unspecified atom stereocenters. The van der Waals surface area contributed by atoms with Crippen LogP contribution in [-0.4, -0.2) is 42.1 Å². The van der Waals surface area contributed by atoms with Crippen molar-refractivity contribution >= 4 is 11.8 Å². The van der Waals surface area contributed by atoms with Gasteiger partial charge in [-0.2, -0.15) is 11.8 Å². The second-order valence-corrected chi connectivity index (χ2v) is 7.62. The zero-order valence-corrected chi connectivity index (χ0v) is 12.8. The van der Waals surface area contributed by atoms with E-state index in [1.165, 1.54) is 70.3 Å². The minimum atomic E-state index is 0.491. The van der Waals surface area contributed by atoms with Crippen LogP contribution in [0.2, 0.25) is 0 Å². The first-order valence-corrected chi connectivity index (χ1v) is 8.87. The van der Waals surface area contributed by atoms with Crippen molar-refractivity contribution in [2.45, 2.75) is 57.1 Å². The highest BCUT2D eigenvalue weighted by Gasteiger charge is 2.31. The standard InChI is InChI=1S/C15H30N2S/c1-2-14-12-17(10-11-18-14)9-8-15(13-16)6-4-3-5-7-15/h14H,2-13,16H2,1H3. The van der Waals surface area contributed by atoms with E-state index in [0.29, 0.717) is 5.41 Å². The molecule has 0 spiro atoms. The van der Waals surface area contributed by atoms with Crippen LogP contribution in [0.1, 0.15) is 51.9 Å². The number of thioether (sulfide) groups is 1. The third kappa shape index (κ3) is 3.88. The smallest absolute Gasteiger partial charge is 0.0172 e. The fourth-order valence-electron chi connectivity index (χ4n) is 3.48. The molecule has 1 aliphatic heterocycles. The molecule has 2 aliphatic rings. The number of rotatable bonds is 5. The fraction of sp³-hybridized carbons (Fsp3) is 1.00. The molecule has 1 aliphatic carbocycles. The normalized spacial score (nSPS) is 29.3. The first-order valence-electron chi connectivity index (χ1n) is 7.82. The molecular formula is C15H30N2S. The lowest BCUT2D eigenvalue weighted by Gasteiger charge is -2.39. The monoisotopic (exact) mass is 270 g/mol. The van der Waals surface area contributed by atoms with Gasteiger partial charge in [0.05, 0.1) is 0 Å². The number of nitrogens with zero attached hydrogens (tertiary/aromatic N) is 1. The van der Waals surface area contributed by atoms with Gasteiger partial charge in [0.25, 0.3) is 0 Å². The van der Waals surface area contributed by atoms with Crippen molar-refractivity contribution in [3.8, 4) is 0 Å². The summed E-state index contributed by atoms with van der Waals surface area (Å²) in [5, 5.41) is 0.874. The third-order valence-corrected chi connectivity index (χ3v) is 6.36. The summed E-state index contributed by atoms with van der Waals surface area (Å²) in [4.78, 5) is 2.69. The molecule has 0 amide bonds.